The third kappa shape index (κ3) is 15.3. The zero-order chi connectivity index (χ0) is 26.4. The van der Waals surface area contributed by atoms with Crippen molar-refractivity contribution in [3.8, 4) is 0 Å². The summed E-state index contributed by atoms with van der Waals surface area (Å²) in [5, 5.41) is 0. The van der Waals surface area contributed by atoms with Gasteiger partial charge in [-0.2, -0.15) is 0 Å². The molecule has 36 heavy (non-hydrogen) atoms. The molecule has 0 saturated heterocycles. The van der Waals surface area contributed by atoms with Gasteiger partial charge in [0.05, 0.1) is 23.3 Å². The van der Waals surface area contributed by atoms with Crippen LogP contribution in [-0.4, -0.2) is 24.1 Å². The fraction of sp³-hybridized carbons (Fsp3) is 0.750. The van der Waals surface area contributed by atoms with Crippen LogP contribution in [0.3, 0.4) is 0 Å². The maximum absolute atomic E-state index is 12.8. The predicted molar refractivity (Wildman–Crippen MR) is 151 cm³/mol. The van der Waals surface area contributed by atoms with Gasteiger partial charge in [-0.1, -0.05) is 116 Å². The molecule has 1 rings (SSSR count). The quantitative estimate of drug-likeness (QED) is 0.117. The van der Waals surface area contributed by atoms with Crippen LogP contribution in [0.1, 0.15) is 164 Å². The highest BCUT2D eigenvalue weighted by atomic mass is 16.5. The normalized spacial score (nSPS) is 12.8. The molecule has 4 heteroatoms. The number of hydrogen-bond acceptors (Lipinski definition) is 4. The minimum atomic E-state index is -0.439. The van der Waals surface area contributed by atoms with Gasteiger partial charge in [0.15, 0.2) is 0 Å². The standard InChI is InChI=1S/C32H54O4/c1-5-7-9-11-13-15-17-19-23-27(3)35-31(33)29-25-21-22-26-30(29)32(34)36-28(4)24-20-18-16-14-12-10-8-6-2/h21-22,25-28H,5-20,23-24H2,1-4H3. The molecule has 0 aromatic heterocycles. The number of esters is 2. The maximum Gasteiger partial charge on any atom is 0.339 e. The number of carbonyl (C=O) groups is 2. The number of unbranched alkanes of at least 4 members (excludes halogenated alkanes) is 14. The van der Waals surface area contributed by atoms with Crippen molar-refractivity contribution < 1.29 is 19.1 Å². The predicted octanol–water partition coefficient (Wildman–Crippen LogP) is 9.84. The summed E-state index contributed by atoms with van der Waals surface area (Å²) in [6.07, 6.45) is 21.5. The molecule has 206 valence electrons. The van der Waals surface area contributed by atoms with E-state index in [1.54, 1.807) is 24.3 Å². The molecule has 0 aliphatic heterocycles. The first-order chi connectivity index (χ1) is 17.5. The molecule has 0 spiro atoms. The van der Waals surface area contributed by atoms with E-state index in [0.717, 1.165) is 25.7 Å². The van der Waals surface area contributed by atoms with Crippen molar-refractivity contribution in [2.75, 3.05) is 0 Å². The molecule has 1 aromatic carbocycles. The van der Waals surface area contributed by atoms with Crippen molar-refractivity contribution in [1.29, 1.82) is 0 Å². The summed E-state index contributed by atoms with van der Waals surface area (Å²) in [5.74, 6) is -0.879. The van der Waals surface area contributed by atoms with Crippen molar-refractivity contribution in [3.05, 3.63) is 35.4 Å². The zero-order valence-electron chi connectivity index (χ0n) is 23.8. The van der Waals surface area contributed by atoms with Crippen LogP contribution in [0, 0.1) is 0 Å². The Balaban J connectivity index is 2.36. The van der Waals surface area contributed by atoms with Gasteiger partial charge in [-0.05, 0) is 51.7 Å². The van der Waals surface area contributed by atoms with Crippen LogP contribution in [0.2, 0.25) is 0 Å². The summed E-state index contributed by atoms with van der Waals surface area (Å²) in [4.78, 5) is 25.6. The Kier molecular flexibility index (Phi) is 19.0. The third-order valence-corrected chi connectivity index (χ3v) is 6.91. The van der Waals surface area contributed by atoms with Crippen LogP contribution in [0.15, 0.2) is 24.3 Å². The summed E-state index contributed by atoms with van der Waals surface area (Å²) in [7, 11) is 0. The van der Waals surface area contributed by atoms with Crippen LogP contribution in [0.5, 0.6) is 0 Å². The van der Waals surface area contributed by atoms with Crippen molar-refractivity contribution in [1.82, 2.24) is 0 Å². The number of carbonyl (C=O) groups excluding carboxylic acids is 2. The van der Waals surface area contributed by atoms with Crippen molar-refractivity contribution in [3.63, 3.8) is 0 Å². The van der Waals surface area contributed by atoms with E-state index in [9.17, 15) is 9.59 Å². The molecule has 0 heterocycles. The minimum Gasteiger partial charge on any atom is -0.459 e. The highest BCUT2D eigenvalue weighted by molar-refractivity contribution is 6.03. The molecule has 2 atom stereocenters. The lowest BCUT2D eigenvalue weighted by Gasteiger charge is -2.16. The summed E-state index contributed by atoms with van der Waals surface area (Å²) < 4.78 is 11.3. The van der Waals surface area contributed by atoms with Crippen molar-refractivity contribution in [2.24, 2.45) is 0 Å². The van der Waals surface area contributed by atoms with Crippen molar-refractivity contribution in [2.45, 2.75) is 155 Å². The van der Waals surface area contributed by atoms with Gasteiger partial charge in [0.25, 0.3) is 0 Å². The zero-order valence-corrected chi connectivity index (χ0v) is 23.8. The van der Waals surface area contributed by atoms with Gasteiger partial charge >= 0.3 is 11.9 Å². The molecule has 0 amide bonds. The Hall–Kier alpha value is -1.84. The van der Waals surface area contributed by atoms with Gasteiger partial charge in [-0.3, -0.25) is 0 Å². The fourth-order valence-electron chi connectivity index (χ4n) is 4.58. The number of hydrogen-bond donors (Lipinski definition) is 0. The minimum absolute atomic E-state index is 0.164. The number of benzene rings is 1. The molecule has 0 N–H and O–H groups in total. The molecular formula is C32H54O4. The van der Waals surface area contributed by atoms with Gasteiger partial charge in [0, 0.05) is 0 Å². The van der Waals surface area contributed by atoms with Crippen LogP contribution < -0.4 is 0 Å². The Morgan fingerprint density at radius 1 is 0.556 bits per heavy atom. The second kappa shape index (κ2) is 21.3. The molecule has 0 aliphatic carbocycles. The first-order valence-electron chi connectivity index (χ1n) is 15.0. The highest BCUT2D eigenvalue weighted by Crippen LogP contribution is 2.18. The van der Waals surface area contributed by atoms with Crippen LogP contribution in [0.25, 0.3) is 0 Å². The topological polar surface area (TPSA) is 52.6 Å². The molecule has 1 aromatic rings. The van der Waals surface area contributed by atoms with Gasteiger partial charge in [0.1, 0.15) is 0 Å². The molecule has 2 unspecified atom stereocenters. The van der Waals surface area contributed by atoms with Gasteiger partial charge < -0.3 is 9.47 Å². The van der Waals surface area contributed by atoms with E-state index in [0.29, 0.717) is 11.1 Å². The molecule has 0 radical (unpaired) electrons. The Bertz CT molecular complexity index is 640. The van der Waals surface area contributed by atoms with E-state index in [1.165, 1.54) is 89.9 Å². The van der Waals surface area contributed by atoms with Crippen LogP contribution in [0.4, 0.5) is 0 Å². The molecule has 0 bridgehead atoms. The molecule has 0 saturated carbocycles. The summed E-state index contributed by atoms with van der Waals surface area (Å²) >= 11 is 0. The Morgan fingerprint density at radius 3 is 1.19 bits per heavy atom. The SMILES string of the molecule is CCCCCCCCCCC(C)OC(=O)c1ccccc1C(=O)OC(C)CCCCCCCCCC. The van der Waals surface area contributed by atoms with E-state index in [4.69, 9.17) is 9.47 Å². The van der Waals surface area contributed by atoms with E-state index in [1.807, 2.05) is 13.8 Å². The summed E-state index contributed by atoms with van der Waals surface area (Å²) in [5.41, 5.74) is 0.592. The lowest BCUT2D eigenvalue weighted by molar-refractivity contribution is 0.0270. The highest BCUT2D eigenvalue weighted by Gasteiger charge is 2.22. The van der Waals surface area contributed by atoms with E-state index in [2.05, 4.69) is 13.8 Å². The molecular weight excluding hydrogens is 448 g/mol. The second-order valence-electron chi connectivity index (χ2n) is 10.5. The van der Waals surface area contributed by atoms with E-state index < -0.39 is 11.9 Å². The molecule has 4 nitrogen and oxygen atoms in total. The fourth-order valence-corrected chi connectivity index (χ4v) is 4.58. The van der Waals surface area contributed by atoms with Gasteiger partial charge in [-0.15, -0.1) is 0 Å². The summed E-state index contributed by atoms with van der Waals surface area (Å²) in [6, 6.07) is 6.84. The van der Waals surface area contributed by atoms with E-state index >= 15 is 0 Å². The first-order valence-corrected chi connectivity index (χ1v) is 15.0. The number of rotatable bonds is 22. The monoisotopic (exact) mass is 502 g/mol. The molecule has 0 fully saturated rings. The second-order valence-corrected chi connectivity index (χ2v) is 10.5. The maximum atomic E-state index is 12.8. The summed E-state index contributed by atoms with van der Waals surface area (Å²) in [6.45, 7) is 8.35. The van der Waals surface area contributed by atoms with E-state index in [-0.39, 0.29) is 12.2 Å². The lowest BCUT2D eigenvalue weighted by Crippen LogP contribution is -2.20. The Labute approximate surface area is 221 Å². The number of ether oxygens (including phenoxy) is 2. The smallest absolute Gasteiger partial charge is 0.339 e. The van der Waals surface area contributed by atoms with Crippen molar-refractivity contribution >= 4 is 11.9 Å². The third-order valence-electron chi connectivity index (χ3n) is 6.91. The average molecular weight is 503 g/mol. The average Bonchev–Trinajstić information content (AvgIpc) is 2.87. The van der Waals surface area contributed by atoms with Crippen LogP contribution in [-0.2, 0) is 9.47 Å². The largest absolute Gasteiger partial charge is 0.459 e. The van der Waals surface area contributed by atoms with Gasteiger partial charge in [0.2, 0.25) is 0 Å². The Morgan fingerprint density at radius 2 is 0.861 bits per heavy atom. The van der Waals surface area contributed by atoms with Crippen LogP contribution >= 0.6 is 0 Å². The lowest BCUT2D eigenvalue weighted by atomic mass is 10.1. The van der Waals surface area contributed by atoms with Gasteiger partial charge in [-0.25, -0.2) is 9.59 Å². The molecule has 0 aliphatic rings. The first kappa shape index (κ1) is 32.2.